The largest absolute Gasteiger partial charge is 0.390 e. The molecule has 0 spiro atoms. The van der Waals surface area contributed by atoms with Gasteiger partial charge >= 0.3 is 0 Å². The number of morpholine rings is 1. The van der Waals surface area contributed by atoms with E-state index in [1.165, 1.54) is 0 Å². The first-order chi connectivity index (χ1) is 9.24. The van der Waals surface area contributed by atoms with Crippen molar-refractivity contribution in [2.75, 3.05) is 39.4 Å². The van der Waals surface area contributed by atoms with E-state index in [1.807, 2.05) is 0 Å². The van der Waals surface area contributed by atoms with Gasteiger partial charge in [-0.25, -0.2) is 0 Å². The van der Waals surface area contributed by atoms with Gasteiger partial charge in [0.1, 0.15) is 0 Å². The summed E-state index contributed by atoms with van der Waals surface area (Å²) < 4.78 is 5.25. The number of amides is 1. The molecule has 0 bridgehead atoms. The molecule has 1 amide bonds. The molecule has 2 aliphatic rings. The minimum absolute atomic E-state index is 0.0394. The standard InChI is InChI=1S/C14H24N2O3/c17-13(11-16-5-7-19-8-6-16)10-15-14(18)9-12-3-1-2-4-12/h1,3,12-13,17H,2,4-11H2,(H,15,18). The zero-order chi connectivity index (χ0) is 13.5. The Morgan fingerprint density at radius 2 is 2.26 bits per heavy atom. The van der Waals surface area contributed by atoms with Crippen LogP contribution in [0.4, 0.5) is 0 Å². The van der Waals surface area contributed by atoms with E-state index in [2.05, 4.69) is 22.4 Å². The van der Waals surface area contributed by atoms with Crippen LogP contribution in [-0.4, -0.2) is 61.4 Å². The summed E-state index contributed by atoms with van der Waals surface area (Å²) in [5, 5.41) is 12.7. The number of nitrogens with zero attached hydrogens (tertiary/aromatic N) is 1. The number of nitrogens with one attached hydrogen (secondary N) is 1. The van der Waals surface area contributed by atoms with E-state index in [1.54, 1.807) is 0 Å². The highest BCUT2D eigenvalue weighted by atomic mass is 16.5. The van der Waals surface area contributed by atoms with Gasteiger partial charge in [-0.15, -0.1) is 0 Å². The van der Waals surface area contributed by atoms with E-state index in [0.29, 0.717) is 25.4 Å². The number of allylic oxidation sites excluding steroid dienone is 2. The van der Waals surface area contributed by atoms with Crippen LogP contribution >= 0.6 is 0 Å². The number of aliphatic hydroxyl groups is 1. The summed E-state index contributed by atoms with van der Waals surface area (Å²) in [6.45, 7) is 4.12. The molecule has 2 N–H and O–H groups in total. The fourth-order valence-corrected chi connectivity index (χ4v) is 2.55. The van der Waals surface area contributed by atoms with Crippen LogP contribution in [0.15, 0.2) is 12.2 Å². The van der Waals surface area contributed by atoms with E-state index in [0.717, 1.165) is 39.1 Å². The molecule has 5 heteroatoms. The van der Waals surface area contributed by atoms with Crippen LogP contribution < -0.4 is 5.32 Å². The molecule has 1 aliphatic heterocycles. The van der Waals surface area contributed by atoms with Crippen LogP contribution in [0.5, 0.6) is 0 Å². The van der Waals surface area contributed by atoms with E-state index in [-0.39, 0.29) is 5.91 Å². The molecule has 1 heterocycles. The van der Waals surface area contributed by atoms with Crippen molar-refractivity contribution in [1.82, 2.24) is 10.2 Å². The van der Waals surface area contributed by atoms with Gasteiger partial charge in [-0.1, -0.05) is 12.2 Å². The molecule has 0 aromatic carbocycles. The first kappa shape index (κ1) is 14.5. The third-order valence-electron chi connectivity index (χ3n) is 3.67. The van der Waals surface area contributed by atoms with Gasteiger partial charge in [-0.2, -0.15) is 0 Å². The van der Waals surface area contributed by atoms with Crippen molar-refractivity contribution in [3.63, 3.8) is 0 Å². The zero-order valence-electron chi connectivity index (χ0n) is 11.4. The maximum Gasteiger partial charge on any atom is 0.220 e. The second-order valence-corrected chi connectivity index (χ2v) is 5.34. The van der Waals surface area contributed by atoms with Gasteiger partial charge in [0.15, 0.2) is 0 Å². The summed E-state index contributed by atoms with van der Waals surface area (Å²) in [5.74, 6) is 0.425. The van der Waals surface area contributed by atoms with Gasteiger partial charge in [0.2, 0.25) is 5.91 Å². The number of aliphatic hydroxyl groups excluding tert-OH is 1. The van der Waals surface area contributed by atoms with E-state index in [4.69, 9.17) is 4.74 Å². The Balaban J connectivity index is 1.58. The Hall–Kier alpha value is -0.910. The molecule has 0 aromatic heterocycles. The molecular formula is C14H24N2O3. The SMILES string of the molecule is O=C(CC1C=CCC1)NCC(O)CN1CCOCC1. The van der Waals surface area contributed by atoms with Crippen molar-refractivity contribution < 1.29 is 14.6 Å². The second-order valence-electron chi connectivity index (χ2n) is 5.34. The molecule has 2 unspecified atom stereocenters. The fraction of sp³-hybridized carbons (Fsp3) is 0.786. The summed E-state index contributed by atoms with van der Waals surface area (Å²) in [6, 6.07) is 0. The predicted molar refractivity (Wildman–Crippen MR) is 72.8 cm³/mol. The molecule has 19 heavy (non-hydrogen) atoms. The van der Waals surface area contributed by atoms with Crippen LogP contribution in [0.25, 0.3) is 0 Å². The molecule has 5 nitrogen and oxygen atoms in total. The lowest BCUT2D eigenvalue weighted by Crippen LogP contribution is -2.44. The Kier molecular flexibility index (Phi) is 5.82. The number of ether oxygens (including phenoxy) is 1. The molecular weight excluding hydrogens is 244 g/mol. The molecule has 2 rings (SSSR count). The summed E-state index contributed by atoms with van der Waals surface area (Å²) >= 11 is 0. The van der Waals surface area contributed by atoms with Crippen molar-refractivity contribution in [2.24, 2.45) is 5.92 Å². The monoisotopic (exact) mass is 268 g/mol. The van der Waals surface area contributed by atoms with E-state index < -0.39 is 6.10 Å². The molecule has 1 saturated heterocycles. The summed E-state index contributed by atoms with van der Waals surface area (Å²) in [4.78, 5) is 13.9. The Morgan fingerprint density at radius 1 is 1.47 bits per heavy atom. The molecule has 1 fully saturated rings. The third-order valence-corrected chi connectivity index (χ3v) is 3.67. The number of carbonyl (C=O) groups is 1. The maximum absolute atomic E-state index is 11.7. The normalized spacial score (nSPS) is 25.4. The van der Waals surface area contributed by atoms with Crippen molar-refractivity contribution in [3.05, 3.63) is 12.2 Å². The minimum Gasteiger partial charge on any atom is -0.390 e. The van der Waals surface area contributed by atoms with Crippen LogP contribution in [0.1, 0.15) is 19.3 Å². The first-order valence-electron chi connectivity index (χ1n) is 7.15. The molecule has 0 saturated carbocycles. The van der Waals surface area contributed by atoms with Crippen molar-refractivity contribution in [2.45, 2.75) is 25.4 Å². The number of hydrogen-bond donors (Lipinski definition) is 2. The molecule has 1 aliphatic carbocycles. The van der Waals surface area contributed by atoms with Gasteiger partial charge in [-0.3, -0.25) is 9.69 Å². The highest BCUT2D eigenvalue weighted by molar-refractivity contribution is 5.76. The van der Waals surface area contributed by atoms with Gasteiger partial charge in [-0.05, 0) is 18.8 Å². The van der Waals surface area contributed by atoms with Crippen LogP contribution in [0, 0.1) is 5.92 Å². The third kappa shape index (κ3) is 5.30. The van der Waals surface area contributed by atoms with Gasteiger partial charge in [0.05, 0.1) is 19.3 Å². The average molecular weight is 268 g/mol. The average Bonchev–Trinajstić information content (AvgIpc) is 2.90. The Labute approximate surface area is 114 Å². The lowest BCUT2D eigenvalue weighted by molar-refractivity contribution is -0.122. The van der Waals surface area contributed by atoms with E-state index >= 15 is 0 Å². The number of β-amino-alcohol motifs (C(OH)–C–C–N with tert-alkyl or cyclic N) is 1. The zero-order valence-corrected chi connectivity index (χ0v) is 11.4. The fourth-order valence-electron chi connectivity index (χ4n) is 2.55. The summed E-state index contributed by atoms with van der Waals surface area (Å²) in [6.07, 6.45) is 6.44. The quantitative estimate of drug-likeness (QED) is 0.673. The van der Waals surface area contributed by atoms with Crippen molar-refractivity contribution in [1.29, 1.82) is 0 Å². The number of carbonyl (C=O) groups excluding carboxylic acids is 1. The van der Waals surface area contributed by atoms with Gasteiger partial charge < -0.3 is 15.2 Å². The van der Waals surface area contributed by atoms with Crippen LogP contribution in [-0.2, 0) is 9.53 Å². The summed E-state index contributed by atoms with van der Waals surface area (Å²) in [7, 11) is 0. The predicted octanol–water partition coefficient (Wildman–Crippen LogP) is 0.152. The first-order valence-corrected chi connectivity index (χ1v) is 7.15. The van der Waals surface area contributed by atoms with Crippen molar-refractivity contribution >= 4 is 5.91 Å². The van der Waals surface area contributed by atoms with Crippen LogP contribution in [0.3, 0.4) is 0 Å². The molecule has 108 valence electrons. The second kappa shape index (κ2) is 7.62. The minimum atomic E-state index is -0.499. The van der Waals surface area contributed by atoms with Crippen LogP contribution in [0.2, 0.25) is 0 Å². The van der Waals surface area contributed by atoms with Gasteiger partial charge in [0, 0.05) is 32.6 Å². The molecule has 2 atom stereocenters. The Morgan fingerprint density at radius 3 is 2.95 bits per heavy atom. The highest BCUT2D eigenvalue weighted by Crippen LogP contribution is 2.19. The topological polar surface area (TPSA) is 61.8 Å². The smallest absolute Gasteiger partial charge is 0.220 e. The molecule has 0 aromatic rings. The Bertz CT molecular complexity index is 314. The van der Waals surface area contributed by atoms with Crippen molar-refractivity contribution in [3.8, 4) is 0 Å². The lowest BCUT2D eigenvalue weighted by atomic mass is 10.1. The highest BCUT2D eigenvalue weighted by Gasteiger charge is 2.17. The lowest BCUT2D eigenvalue weighted by Gasteiger charge is -2.28. The van der Waals surface area contributed by atoms with E-state index in [9.17, 15) is 9.90 Å². The summed E-state index contributed by atoms with van der Waals surface area (Å²) in [5.41, 5.74) is 0. The number of hydrogen-bond acceptors (Lipinski definition) is 4. The van der Waals surface area contributed by atoms with Gasteiger partial charge in [0.25, 0.3) is 0 Å². The molecule has 0 radical (unpaired) electrons. The number of rotatable bonds is 6. The maximum atomic E-state index is 11.7.